The van der Waals surface area contributed by atoms with E-state index in [0.29, 0.717) is 0 Å². The molecule has 1 atom stereocenters. The van der Waals surface area contributed by atoms with Gasteiger partial charge >= 0.3 is 0 Å². The van der Waals surface area contributed by atoms with E-state index in [1.807, 2.05) is 6.07 Å². The highest BCUT2D eigenvalue weighted by Gasteiger charge is 2.15. The summed E-state index contributed by atoms with van der Waals surface area (Å²) in [5.41, 5.74) is 11.2. The van der Waals surface area contributed by atoms with Crippen molar-refractivity contribution in [1.82, 2.24) is 0 Å². The molecule has 2 aromatic rings. The Hall–Kier alpha value is -1.80. The van der Waals surface area contributed by atoms with E-state index in [2.05, 4.69) is 43.3 Å². The highest BCUT2D eigenvalue weighted by Crippen LogP contribution is 2.29. The molecule has 18 heavy (non-hydrogen) atoms. The van der Waals surface area contributed by atoms with Crippen molar-refractivity contribution in [2.45, 2.75) is 19.4 Å². The smallest absolute Gasteiger partial charge is 0.122 e. The molecule has 0 bridgehead atoms. The predicted octanol–water partition coefficient (Wildman–Crippen LogP) is 2.98. The van der Waals surface area contributed by atoms with Crippen LogP contribution < -0.4 is 10.5 Å². The van der Waals surface area contributed by atoms with Crippen LogP contribution >= 0.6 is 0 Å². The lowest BCUT2D eigenvalue weighted by molar-refractivity contribution is 0.357. The Morgan fingerprint density at radius 1 is 1.06 bits per heavy atom. The van der Waals surface area contributed by atoms with Gasteiger partial charge in [-0.25, -0.2) is 0 Å². The van der Waals surface area contributed by atoms with Crippen LogP contribution in [-0.2, 0) is 6.42 Å². The second-order valence-electron chi connectivity index (χ2n) is 4.85. The third-order valence-electron chi connectivity index (χ3n) is 3.51. The zero-order valence-corrected chi connectivity index (χ0v) is 10.5. The van der Waals surface area contributed by atoms with Crippen LogP contribution in [-0.4, -0.2) is 6.61 Å². The van der Waals surface area contributed by atoms with Crippen molar-refractivity contribution in [3.63, 3.8) is 0 Å². The van der Waals surface area contributed by atoms with Crippen LogP contribution in [0, 0.1) is 6.92 Å². The van der Waals surface area contributed by atoms with Crippen LogP contribution in [0.25, 0.3) is 0 Å². The van der Waals surface area contributed by atoms with Crippen LogP contribution in [0.4, 0.5) is 0 Å². The SMILES string of the molecule is Cc1ccc(C(N)c2ccc3c(c2)CCO3)cc1. The molecule has 1 heterocycles. The summed E-state index contributed by atoms with van der Waals surface area (Å²) < 4.78 is 5.51. The first-order valence-corrected chi connectivity index (χ1v) is 6.32. The molecule has 2 heteroatoms. The Bertz CT molecular complexity index is 560. The van der Waals surface area contributed by atoms with Gasteiger partial charge in [0, 0.05) is 6.42 Å². The molecule has 92 valence electrons. The fourth-order valence-corrected chi connectivity index (χ4v) is 2.37. The van der Waals surface area contributed by atoms with Crippen LogP contribution in [0.15, 0.2) is 42.5 Å². The van der Waals surface area contributed by atoms with Gasteiger partial charge in [-0.05, 0) is 29.7 Å². The minimum Gasteiger partial charge on any atom is -0.493 e. The molecule has 0 aromatic heterocycles. The van der Waals surface area contributed by atoms with Gasteiger partial charge in [0.05, 0.1) is 12.6 Å². The molecule has 0 aliphatic carbocycles. The largest absolute Gasteiger partial charge is 0.493 e. The topological polar surface area (TPSA) is 35.2 Å². The van der Waals surface area contributed by atoms with Crippen molar-refractivity contribution in [3.05, 3.63) is 64.7 Å². The first kappa shape index (κ1) is 11.3. The molecule has 2 N–H and O–H groups in total. The first-order valence-electron chi connectivity index (χ1n) is 6.32. The molecular formula is C16H17NO. The third kappa shape index (κ3) is 2.00. The van der Waals surface area contributed by atoms with Gasteiger partial charge in [0.2, 0.25) is 0 Å². The first-order chi connectivity index (χ1) is 8.74. The summed E-state index contributed by atoms with van der Waals surface area (Å²) in [4.78, 5) is 0. The highest BCUT2D eigenvalue weighted by molar-refractivity contribution is 5.43. The van der Waals surface area contributed by atoms with Crippen LogP contribution in [0.1, 0.15) is 28.3 Å². The second-order valence-corrected chi connectivity index (χ2v) is 4.85. The van der Waals surface area contributed by atoms with Crippen molar-refractivity contribution < 1.29 is 4.74 Å². The Balaban J connectivity index is 1.92. The van der Waals surface area contributed by atoms with E-state index in [9.17, 15) is 0 Å². The van der Waals surface area contributed by atoms with Gasteiger partial charge in [-0.15, -0.1) is 0 Å². The molecule has 0 radical (unpaired) electrons. The monoisotopic (exact) mass is 239 g/mol. The predicted molar refractivity (Wildman–Crippen MR) is 72.9 cm³/mol. The maximum absolute atomic E-state index is 6.32. The van der Waals surface area contributed by atoms with Gasteiger partial charge in [-0.1, -0.05) is 42.0 Å². The van der Waals surface area contributed by atoms with E-state index in [-0.39, 0.29) is 6.04 Å². The zero-order valence-electron chi connectivity index (χ0n) is 10.5. The lowest BCUT2D eigenvalue weighted by atomic mass is 9.97. The third-order valence-corrected chi connectivity index (χ3v) is 3.51. The van der Waals surface area contributed by atoms with Crippen LogP contribution in [0.3, 0.4) is 0 Å². The number of ether oxygens (including phenoxy) is 1. The summed E-state index contributed by atoms with van der Waals surface area (Å²) >= 11 is 0. The molecule has 0 amide bonds. The van der Waals surface area contributed by atoms with E-state index >= 15 is 0 Å². The Morgan fingerprint density at radius 2 is 1.78 bits per heavy atom. The van der Waals surface area contributed by atoms with Gasteiger partial charge in [-0.3, -0.25) is 0 Å². The number of benzene rings is 2. The molecule has 0 fully saturated rings. The van der Waals surface area contributed by atoms with E-state index < -0.39 is 0 Å². The van der Waals surface area contributed by atoms with Crippen LogP contribution in [0.2, 0.25) is 0 Å². The highest BCUT2D eigenvalue weighted by atomic mass is 16.5. The lowest BCUT2D eigenvalue weighted by Gasteiger charge is -2.14. The summed E-state index contributed by atoms with van der Waals surface area (Å²) in [7, 11) is 0. The van der Waals surface area contributed by atoms with Gasteiger partial charge in [0.1, 0.15) is 5.75 Å². The molecule has 2 aromatic carbocycles. The molecule has 2 nitrogen and oxygen atoms in total. The van der Waals surface area contributed by atoms with Gasteiger partial charge in [-0.2, -0.15) is 0 Å². The van der Waals surface area contributed by atoms with E-state index in [1.54, 1.807) is 0 Å². The van der Waals surface area contributed by atoms with Crippen molar-refractivity contribution in [2.75, 3.05) is 6.61 Å². The summed E-state index contributed by atoms with van der Waals surface area (Å²) in [5.74, 6) is 1.01. The maximum atomic E-state index is 6.32. The number of nitrogens with two attached hydrogens (primary N) is 1. The minimum atomic E-state index is -0.0588. The summed E-state index contributed by atoms with van der Waals surface area (Å²) in [6.45, 7) is 2.88. The minimum absolute atomic E-state index is 0.0588. The van der Waals surface area contributed by atoms with Crippen molar-refractivity contribution >= 4 is 0 Å². The average molecular weight is 239 g/mol. The number of fused-ring (bicyclic) bond motifs is 1. The molecule has 0 saturated heterocycles. The van der Waals surface area contributed by atoms with Gasteiger partial charge in [0.25, 0.3) is 0 Å². The van der Waals surface area contributed by atoms with Crippen molar-refractivity contribution in [1.29, 1.82) is 0 Å². The normalized spacial score (nSPS) is 15.0. The number of aryl methyl sites for hydroxylation is 1. The Morgan fingerprint density at radius 3 is 2.56 bits per heavy atom. The van der Waals surface area contributed by atoms with Gasteiger partial charge in [0.15, 0.2) is 0 Å². The molecule has 1 aliphatic rings. The van der Waals surface area contributed by atoms with E-state index in [0.717, 1.165) is 29.9 Å². The quantitative estimate of drug-likeness (QED) is 0.874. The van der Waals surface area contributed by atoms with E-state index in [4.69, 9.17) is 10.5 Å². The maximum Gasteiger partial charge on any atom is 0.122 e. The van der Waals surface area contributed by atoms with E-state index in [1.165, 1.54) is 11.1 Å². The molecule has 3 rings (SSSR count). The molecular weight excluding hydrogens is 222 g/mol. The standard InChI is InChI=1S/C16H17NO/c1-11-2-4-12(5-3-11)16(17)14-6-7-15-13(10-14)8-9-18-15/h2-7,10,16H,8-9,17H2,1H3. The Labute approximate surface area is 107 Å². The summed E-state index contributed by atoms with van der Waals surface area (Å²) in [5, 5.41) is 0. The summed E-state index contributed by atoms with van der Waals surface area (Å²) in [6.07, 6.45) is 0.990. The van der Waals surface area contributed by atoms with Crippen molar-refractivity contribution in [2.24, 2.45) is 5.73 Å². The Kier molecular flexibility index (Phi) is 2.80. The number of rotatable bonds is 2. The molecule has 0 saturated carbocycles. The molecule has 1 aliphatic heterocycles. The number of hydrogen-bond donors (Lipinski definition) is 1. The second kappa shape index (κ2) is 4.46. The lowest BCUT2D eigenvalue weighted by Crippen LogP contribution is -2.11. The zero-order chi connectivity index (χ0) is 12.5. The number of hydrogen-bond acceptors (Lipinski definition) is 2. The summed E-state index contributed by atoms with van der Waals surface area (Å²) in [6, 6.07) is 14.6. The molecule has 1 unspecified atom stereocenters. The van der Waals surface area contributed by atoms with Crippen molar-refractivity contribution in [3.8, 4) is 5.75 Å². The fraction of sp³-hybridized carbons (Fsp3) is 0.250. The average Bonchev–Trinajstić information content (AvgIpc) is 2.86. The van der Waals surface area contributed by atoms with Crippen LogP contribution in [0.5, 0.6) is 5.75 Å². The van der Waals surface area contributed by atoms with Gasteiger partial charge < -0.3 is 10.5 Å². The molecule has 0 spiro atoms. The fourth-order valence-electron chi connectivity index (χ4n) is 2.37.